The lowest BCUT2D eigenvalue weighted by Crippen LogP contribution is -2.54. The number of unbranched alkanes of at least 4 members (excludes halogenated alkanes) is 2. The number of benzene rings is 3. The second-order valence-corrected chi connectivity index (χ2v) is 15.0. The second-order valence-electron chi connectivity index (χ2n) is 15.0. The van der Waals surface area contributed by atoms with E-state index in [1.54, 1.807) is 24.1 Å². The summed E-state index contributed by atoms with van der Waals surface area (Å²) in [6.45, 7) is 1.66. The Labute approximate surface area is 335 Å². The van der Waals surface area contributed by atoms with Gasteiger partial charge in [-0.05, 0) is 80.0 Å². The zero-order valence-corrected chi connectivity index (χ0v) is 32.3. The van der Waals surface area contributed by atoms with Crippen molar-refractivity contribution < 1.29 is 33.6 Å². The van der Waals surface area contributed by atoms with E-state index in [9.17, 15) is 33.6 Å². The summed E-state index contributed by atoms with van der Waals surface area (Å²) in [5.41, 5.74) is 10.0. The monoisotopic (exact) mass is 786 g/mol. The van der Waals surface area contributed by atoms with Gasteiger partial charge in [0.1, 0.15) is 6.04 Å². The van der Waals surface area contributed by atoms with Gasteiger partial charge in [-0.1, -0.05) is 36.8 Å². The minimum absolute atomic E-state index is 0.0253. The van der Waals surface area contributed by atoms with Crippen LogP contribution in [-0.4, -0.2) is 95.4 Å². The molecule has 0 radical (unpaired) electrons. The van der Waals surface area contributed by atoms with E-state index >= 15 is 0 Å². The van der Waals surface area contributed by atoms with Crippen molar-refractivity contribution in [2.75, 3.05) is 43.4 Å². The molecule has 7 amide bonds. The lowest BCUT2D eigenvalue weighted by molar-refractivity contribution is -0.136. The molecule has 1 atom stereocenters. The maximum atomic E-state index is 13.4. The number of nitrogens with two attached hydrogens (primary N) is 1. The average molecular weight is 787 g/mol. The number of likely N-dealkylation sites (tertiary alicyclic amines) is 1. The number of imide groups is 2. The molecule has 300 valence electrons. The van der Waals surface area contributed by atoms with Gasteiger partial charge < -0.3 is 26.2 Å². The summed E-state index contributed by atoms with van der Waals surface area (Å²) >= 11 is 0. The van der Waals surface area contributed by atoms with E-state index in [4.69, 9.17) is 5.73 Å². The fourth-order valence-electron chi connectivity index (χ4n) is 8.05. The molecule has 0 bridgehead atoms. The highest BCUT2D eigenvalue weighted by molar-refractivity contribution is 6.25. The first-order valence-corrected chi connectivity index (χ1v) is 19.6. The number of carbonyl (C=O) groups excluding carboxylic acids is 7. The Morgan fingerprint density at radius 2 is 1.69 bits per heavy atom. The summed E-state index contributed by atoms with van der Waals surface area (Å²) in [6.07, 6.45) is 5.79. The molecule has 0 spiro atoms. The first-order chi connectivity index (χ1) is 28.0. The molecule has 1 aromatic heterocycles. The van der Waals surface area contributed by atoms with Gasteiger partial charge in [-0.25, -0.2) is 0 Å². The van der Waals surface area contributed by atoms with Crippen LogP contribution in [0.25, 0.3) is 10.9 Å². The number of hydrogen-bond acceptors (Lipinski definition) is 10. The fraction of sp³-hybridized carbons (Fsp3) is 0.349. The molecule has 3 aliphatic rings. The first-order valence-electron chi connectivity index (χ1n) is 19.6. The third-order valence-electron chi connectivity index (χ3n) is 11.1. The number of nitrogens with one attached hydrogen (secondary N) is 3. The van der Waals surface area contributed by atoms with Gasteiger partial charge >= 0.3 is 0 Å². The van der Waals surface area contributed by atoms with E-state index in [1.807, 2.05) is 41.3 Å². The highest BCUT2D eigenvalue weighted by Gasteiger charge is 2.46. The number of para-hydroxylation sites is 1. The number of amides is 7. The van der Waals surface area contributed by atoms with Crippen molar-refractivity contribution in [2.45, 2.75) is 63.3 Å². The summed E-state index contributed by atoms with van der Waals surface area (Å²) in [5.74, 6) is -2.83. The number of primary amides is 1. The van der Waals surface area contributed by atoms with E-state index < -0.39 is 35.6 Å². The minimum atomic E-state index is -1.08. The Morgan fingerprint density at radius 3 is 2.43 bits per heavy atom. The number of rotatable bonds is 14. The lowest BCUT2D eigenvalue weighted by Gasteiger charge is -2.32. The van der Waals surface area contributed by atoms with E-state index in [0.29, 0.717) is 55.8 Å². The normalized spacial score (nSPS) is 16.9. The maximum Gasteiger partial charge on any atom is 0.264 e. The quantitative estimate of drug-likeness (QED) is 0.107. The van der Waals surface area contributed by atoms with E-state index in [0.717, 1.165) is 46.3 Å². The molecule has 2 saturated heterocycles. The SMILES string of the molecule is CN(CC(=O)NCCCCCC(=O)N1CCC(c2ccc3ncc(C(N)=O)c(Nc4ccccc4)c3c2)CC1)c1cccc2c1C(=O)N(C1CCC(=O)NC1=O)C2=O. The number of carbonyl (C=O) groups is 7. The zero-order valence-electron chi connectivity index (χ0n) is 32.3. The van der Waals surface area contributed by atoms with E-state index in [2.05, 4.69) is 33.1 Å². The predicted octanol–water partition coefficient (Wildman–Crippen LogP) is 4.00. The Morgan fingerprint density at radius 1 is 0.914 bits per heavy atom. The Bertz CT molecular complexity index is 2290. The van der Waals surface area contributed by atoms with Crippen molar-refractivity contribution >= 4 is 69.3 Å². The van der Waals surface area contributed by atoms with Crippen LogP contribution < -0.4 is 26.6 Å². The summed E-state index contributed by atoms with van der Waals surface area (Å²) in [4.78, 5) is 97.9. The minimum Gasteiger partial charge on any atom is -0.365 e. The first kappa shape index (κ1) is 39.6. The fourth-order valence-corrected chi connectivity index (χ4v) is 8.05. The van der Waals surface area contributed by atoms with Crippen molar-refractivity contribution in [3.8, 4) is 0 Å². The second kappa shape index (κ2) is 17.2. The van der Waals surface area contributed by atoms with E-state index in [1.165, 1.54) is 12.3 Å². The van der Waals surface area contributed by atoms with Crippen molar-refractivity contribution in [2.24, 2.45) is 5.73 Å². The molecule has 2 fully saturated rings. The smallest absolute Gasteiger partial charge is 0.264 e. The molecule has 4 heterocycles. The molecule has 7 rings (SSSR count). The van der Waals surface area contributed by atoms with Crippen LogP contribution in [0, 0.1) is 0 Å². The van der Waals surface area contributed by atoms with Gasteiger partial charge in [-0.15, -0.1) is 0 Å². The molecule has 15 nitrogen and oxygen atoms in total. The summed E-state index contributed by atoms with van der Waals surface area (Å²) in [6, 6.07) is 19.4. The van der Waals surface area contributed by atoms with Crippen LogP contribution in [-0.2, 0) is 19.2 Å². The lowest BCUT2D eigenvalue weighted by atomic mass is 9.88. The number of nitrogens with zero attached hydrogens (tertiary/aromatic N) is 4. The van der Waals surface area contributed by atoms with Crippen LogP contribution in [0.3, 0.4) is 0 Å². The van der Waals surface area contributed by atoms with Crippen LogP contribution in [0.4, 0.5) is 17.1 Å². The van der Waals surface area contributed by atoms with Gasteiger partial charge in [0.15, 0.2) is 0 Å². The van der Waals surface area contributed by atoms with Crippen molar-refractivity contribution in [1.29, 1.82) is 0 Å². The molecule has 0 saturated carbocycles. The molecule has 0 aliphatic carbocycles. The molecular formula is C43H46N8O7. The van der Waals surface area contributed by atoms with Crippen LogP contribution in [0.15, 0.2) is 72.9 Å². The maximum absolute atomic E-state index is 13.4. The predicted molar refractivity (Wildman–Crippen MR) is 216 cm³/mol. The Balaban J connectivity index is 0.844. The molecule has 3 aromatic carbocycles. The van der Waals surface area contributed by atoms with Crippen LogP contribution >= 0.6 is 0 Å². The van der Waals surface area contributed by atoms with Gasteiger partial charge in [0.25, 0.3) is 17.7 Å². The number of fused-ring (bicyclic) bond motifs is 2. The van der Waals surface area contributed by atoms with Crippen molar-refractivity contribution in [3.63, 3.8) is 0 Å². The zero-order chi connectivity index (χ0) is 40.9. The van der Waals surface area contributed by atoms with Gasteiger partial charge in [-0.2, -0.15) is 0 Å². The standard InChI is InChI=1S/C43H46N8O7/c1-49(33-12-8-11-29-38(33)43(58)51(42(29)57)34-16-17-35(52)48-41(34)56)25-36(53)45-20-7-3-6-13-37(54)50-21-18-26(19-22-50)27-14-15-32-30(23-27)39(31(24-46-32)40(44)55)47-28-9-4-2-5-10-28/h2,4-5,8-12,14-15,23-24,26,34H,3,6-7,13,16-22,25H2,1H3,(H2,44,55)(H,45,53)(H,46,47)(H,48,52,56). The molecule has 5 N–H and O–H groups in total. The molecular weight excluding hydrogens is 741 g/mol. The number of hydrogen-bond donors (Lipinski definition) is 4. The molecule has 15 heteroatoms. The van der Waals surface area contributed by atoms with Gasteiger partial charge in [0.2, 0.25) is 23.6 Å². The Kier molecular flexibility index (Phi) is 11.8. The highest BCUT2D eigenvalue weighted by atomic mass is 16.2. The van der Waals surface area contributed by atoms with Crippen molar-refractivity contribution in [1.82, 2.24) is 25.4 Å². The topological polar surface area (TPSA) is 204 Å². The van der Waals surface area contributed by atoms with Gasteiger partial charge in [0.05, 0.1) is 40.1 Å². The van der Waals surface area contributed by atoms with Crippen LogP contribution in [0.5, 0.6) is 0 Å². The molecule has 3 aliphatic heterocycles. The Hall–Kier alpha value is -6.64. The average Bonchev–Trinajstić information content (AvgIpc) is 3.47. The largest absolute Gasteiger partial charge is 0.365 e. The summed E-state index contributed by atoms with van der Waals surface area (Å²) in [7, 11) is 1.65. The van der Waals surface area contributed by atoms with Crippen molar-refractivity contribution in [3.05, 3.63) is 95.2 Å². The molecule has 1 unspecified atom stereocenters. The number of pyridine rings is 1. The highest BCUT2D eigenvalue weighted by Crippen LogP contribution is 2.36. The van der Waals surface area contributed by atoms with Crippen LogP contribution in [0.1, 0.15) is 93.9 Å². The molecule has 4 aromatic rings. The molecule has 58 heavy (non-hydrogen) atoms. The number of anilines is 3. The van der Waals surface area contributed by atoms with Crippen LogP contribution in [0.2, 0.25) is 0 Å². The number of likely N-dealkylation sites (N-methyl/N-ethyl adjacent to an activating group) is 1. The summed E-state index contributed by atoms with van der Waals surface area (Å²) in [5, 5.41) is 9.27. The third-order valence-corrected chi connectivity index (χ3v) is 11.1. The van der Waals surface area contributed by atoms with Gasteiger partial charge in [-0.3, -0.25) is 48.8 Å². The number of piperidine rings is 2. The van der Waals surface area contributed by atoms with Gasteiger partial charge in [0, 0.05) is 56.8 Å². The van der Waals surface area contributed by atoms with E-state index in [-0.39, 0.29) is 48.2 Å². The number of aromatic nitrogens is 1. The summed E-state index contributed by atoms with van der Waals surface area (Å²) < 4.78 is 0. The third kappa shape index (κ3) is 8.38.